The predicted molar refractivity (Wildman–Crippen MR) is 108 cm³/mol. The van der Waals surface area contributed by atoms with E-state index in [4.69, 9.17) is 9.47 Å². The fourth-order valence-corrected chi connectivity index (χ4v) is 2.73. The van der Waals surface area contributed by atoms with Crippen molar-refractivity contribution >= 4 is 5.91 Å². The molecule has 1 N–H and O–H groups in total. The maximum absolute atomic E-state index is 12.2. The Bertz CT molecular complexity index is 886. The second-order valence-corrected chi connectivity index (χ2v) is 6.55. The van der Waals surface area contributed by atoms with E-state index in [9.17, 15) is 4.79 Å². The molecule has 1 heterocycles. The highest BCUT2D eigenvalue weighted by Crippen LogP contribution is 2.18. The first-order chi connectivity index (χ1) is 13.6. The number of nitrogens with zero attached hydrogens (tertiary/aromatic N) is 2. The van der Waals surface area contributed by atoms with E-state index in [0.29, 0.717) is 18.7 Å². The molecular formula is C22H25N3O3. The number of rotatable bonds is 9. The summed E-state index contributed by atoms with van der Waals surface area (Å²) in [5.41, 5.74) is 2.78. The zero-order valence-corrected chi connectivity index (χ0v) is 16.2. The van der Waals surface area contributed by atoms with Crippen LogP contribution in [-0.4, -0.2) is 29.3 Å². The van der Waals surface area contributed by atoms with Crippen molar-refractivity contribution in [2.75, 3.05) is 13.7 Å². The molecule has 0 atom stereocenters. The average Bonchev–Trinajstić information content (AvgIpc) is 3.15. The SMILES string of the molecule is COc1ccc(OCc2ccc(C(=O)NCCCn3cc(C)cn3)cc2)cc1. The monoisotopic (exact) mass is 379 g/mol. The molecule has 0 spiro atoms. The van der Waals surface area contributed by atoms with Gasteiger partial charge in [-0.2, -0.15) is 5.10 Å². The molecule has 6 heteroatoms. The van der Waals surface area contributed by atoms with Crippen LogP contribution in [0.25, 0.3) is 0 Å². The van der Waals surface area contributed by atoms with Gasteiger partial charge in [-0.3, -0.25) is 9.48 Å². The molecule has 2 aromatic carbocycles. The number of nitrogens with one attached hydrogen (secondary N) is 1. The van der Waals surface area contributed by atoms with Gasteiger partial charge in [0, 0.05) is 24.8 Å². The van der Waals surface area contributed by atoms with Crippen molar-refractivity contribution in [3.63, 3.8) is 0 Å². The van der Waals surface area contributed by atoms with Crippen LogP contribution >= 0.6 is 0 Å². The Morgan fingerprint density at radius 1 is 1.07 bits per heavy atom. The smallest absolute Gasteiger partial charge is 0.251 e. The van der Waals surface area contributed by atoms with Gasteiger partial charge in [0.1, 0.15) is 18.1 Å². The van der Waals surface area contributed by atoms with Gasteiger partial charge in [-0.25, -0.2) is 0 Å². The predicted octanol–water partition coefficient (Wildman–Crippen LogP) is 3.60. The first-order valence-electron chi connectivity index (χ1n) is 9.27. The van der Waals surface area contributed by atoms with Crippen molar-refractivity contribution in [2.24, 2.45) is 0 Å². The first kappa shape index (κ1) is 19.5. The van der Waals surface area contributed by atoms with Crippen molar-refractivity contribution in [2.45, 2.75) is 26.5 Å². The second-order valence-electron chi connectivity index (χ2n) is 6.55. The van der Waals surface area contributed by atoms with Gasteiger partial charge >= 0.3 is 0 Å². The van der Waals surface area contributed by atoms with E-state index in [1.165, 1.54) is 0 Å². The molecule has 0 fully saturated rings. The number of carbonyl (C=O) groups is 1. The van der Waals surface area contributed by atoms with Gasteiger partial charge in [-0.05, 0) is 60.9 Å². The summed E-state index contributed by atoms with van der Waals surface area (Å²) in [6.07, 6.45) is 4.66. The molecule has 0 aliphatic carbocycles. The van der Waals surface area contributed by atoms with Crippen LogP contribution in [0, 0.1) is 6.92 Å². The van der Waals surface area contributed by atoms with Crippen molar-refractivity contribution in [3.8, 4) is 11.5 Å². The number of aromatic nitrogens is 2. The Morgan fingerprint density at radius 2 is 1.79 bits per heavy atom. The molecule has 3 aromatic rings. The lowest BCUT2D eigenvalue weighted by Gasteiger charge is -2.09. The fraction of sp³-hybridized carbons (Fsp3) is 0.273. The minimum absolute atomic E-state index is 0.0701. The summed E-state index contributed by atoms with van der Waals surface area (Å²) >= 11 is 0. The Kier molecular flexibility index (Phi) is 6.68. The maximum Gasteiger partial charge on any atom is 0.251 e. The first-order valence-corrected chi connectivity index (χ1v) is 9.27. The molecule has 1 aromatic heterocycles. The van der Waals surface area contributed by atoms with Crippen molar-refractivity contribution in [1.82, 2.24) is 15.1 Å². The summed E-state index contributed by atoms with van der Waals surface area (Å²) in [5.74, 6) is 1.50. The quantitative estimate of drug-likeness (QED) is 0.577. The molecule has 0 aliphatic heterocycles. The van der Waals surface area contributed by atoms with Crippen LogP contribution in [-0.2, 0) is 13.2 Å². The van der Waals surface area contributed by atoms with Crippen LogP contribution in [0.3, 0.4) is 0 Å². The van der Waals surface area contributed by atoms with Crippen LogP contribution in [0.2, 0.25) is 0 Å². The van der Waals surface area contributed by atoms with Gasteiger partial charge in [0.25, 0.3) is 5.91 Å². The van der Waals surface area contributed by atoms with Gasteiger partial charge in [0.15, 0.2) is 0 Å². The zero-order valence-electron chi connectivity index (χ0n) is 16.2. The van der Waals surface area contributed by atoms with Crippen molar-refractivity contribution in [3.05, 3.63) is 77.6 Å². The fourth-order valence-electron chi connectivity index (χ4n) is 2.73. The van der Waals surface area contributed by atoms with Crippen LogP contribution in [0.1, 0.15) is 27.9 Å². The Balaban J connectivity index is 1.41. The summed E-state index contributed by atoms with van der Waals surface area (Å²) in [6, 6.07) is 14.9. The van der Waals surface area contributed by atoms with Gasteiger partial charge in [-0.15, -0.1) is 0 Å². The number of hydrogen-bond donors (Lipinski definition) is 1. The Labute approximate surface area is 165 Å². The highest BCUT2D eigenvalue weighted by Gasteiger charge is 2.05. The molecule has 0 bridgehead atoms. The number of methoxy groups -OCH3 is 1. The summed E-state index contributed by atoms with van der Waals surface area (Å²) in [4.78, 5) is 12.2. The van der Waals surface area contributed by atoms with Gasteiger partial charge in [0.05, 0.1) is 13.3 Å². The highest BCUT2D eigenvalue weighted by atomic mass is 16.5. The van der Waals surface area contributed by atoms with Gasteiger partial charge < -0.3 is 14.8 Å². The van der Waals surface area contributed by atoms with Gasteiger partial charge in [-0.1, -0.05) is 12.1 Å². The largest absolute Gasteiger partial charge is 0.497 e. The molecule has 28 heavy (non-hydrogen) atoms. The van der Waals surface area contributed by atoms with E-state index >= 15 is 0 Å². The molecule has 0 saturated heterocycles. The number of carbonyl (C=O) groups excluding carboxylic acids is 1. The summed E-state index contributed by atoms with van der Waals surface area (Å²) < 4.78 is 12.8. The van der Waals surface area contributed by atoms with E-state index in [2.05, 4.69) is 10.4 Å². The molecule has 0 saturated carbocycles. The standard InChI is InChI=1S/C22H25N3O3/c1-17-14-24-25(15-17)13-3-12-23-22(26)19-6-4-18(5-7-19)16-28-21-10-8-20(27-2)9-11-21/h4-11,14-15H,3,12-13,16H2,1-2H3,(H,23,26). The minimum atomic E-state index is -0.0701. The average molecular weight is 379 g/mol. The second kappa shape index (κ2) is 9.60. The maximum atomic E-state index is 12.2. The summed E-state index contributed by atoms with van der Waals surface area (Å²) in [7, 11) is 1.63. The number of aryl methyl sites for hydroxylation is 2. The van der Waals surface area contributed by atoms with E-state index in [0.717, 1.165) is 35.6 Å². The highest BCUT2D eigenvalue weighted by molar-refractivity contribution is 5.94. The third kappa shape index (κ3) is 5.61. The molecular weight excluding hydrogens is 354 g/mol. The third-order valence-electron chi connectivity index (χ3n) is 4.29. The minimum Gasteiger partial charge on any atom is -0.497 e. The Hall–Kier alpha value is -3.28. The van der Waals surface area contributed by atoms with Crippen LogP contribution in [0.4, 0.5) is 0 Å². The van der Waals surface area contributed by atoms with Crippen LogP contribution in [0.15, 0.2) is 60.9 Å². The third-order valence-corrected chi connectivity index (χ3v) is 4.29. The number of hydrogen-bond acceptors (Lipinski definition) is 4. The van der Waals surface area contributed by atoms with E-state index in [1.54, 1.807) is 7.11 Å². The molecule has 3 rings (SSSR count). The summed E-state index contributed by atoms with van der Waals surface area (Å²) in [6.45, 7) is 3.85. The lowest BCUT2D eigenvalue weighted by molar-refractivity contribution is 0.0952. The molecule has 146 valence electrons. The lowest BCUT2D eigenvalue weighted by Crippen LogP contribution is -2.25. The topological polar surface area (TPSA) is 65.4 Å². The lowest BCUT2D eigenvalue weighted by atomic mass is 10.1. The molecule has 6 nitrogen and oxygen atoms in total. The van der Waals surface area contributed by atoms with Gasteiger partial charge in [0.2, 0.25) is 0 Å². The summed E-state index contributed by atoms with van der Waals surface area (Å²) in [5, 5.41) is 7.18. The molecule has 0 radical (unpaired) electrons. The molecule has 1 amide bonds. The van der Waals surface area contributed by atoms with E-state index < -0.39 is 0 Å². The number of ether oxygens (including phenoxy) is 2. The van der Waals surface area contributed by atoms with Crippen molar-refractivity contribution < 1.29 is 14.3 Å². The number of amides is 1. The normalized spacial score (nSPS) is 10.5. The molecule has 0 unspecified atom stereocenters. The van der Waals surface area contributed by atoms with Crippen LogP contribution in [0.5, 0.6) is 11.5 Å². The Morgan fingerprint density at radius 3 is 2.43 bits per heavy atom. The molecule has 0 aliphatic rings. The van der Waals surface area contributed by atoms with Crippen LogP contribution < -0.4 is 14.8 Å². The zero-order chi connectivity index (χ0) is 19.8. The van der Waals surface area contributed by atoms with E-state index in [1.807, 2.05) is 72.5 Å². The number of benzene rings is 2. The van der Waals surface area contributed by atoms with Crippen molar-refractivity contribution in [1.29, 1.82) is 0 Å². The van der Waals surface area contributed by atoms with E-state index in [-0.39, 0.29) is 5.91 Å².